The first-order valence-corrected chi connectivity index (χ1v) is 13.8. The fraction of sp³-hybridized carbons (Fsp3) is 0.303. The van der Waals surface area contributed by atoms with Crippen molar-refractivity contribution in [1.29, 1.82) is 0 Å². The number of hydrogen-bond donors (Lipinski definition) is 1. The van der Waals surface area contributed by atoms with Gasteiger partial charge in [0.05, 0.1) is 22.3 Å². The maximum absolute atomic E-state index is 11.7. The van der Waals surface area contributed by atoms with Crippen LogP contribution in [0, 0.1) is 6.92 Å². The van der Waals surface area contributed by atoms with Crippen LogP contribution in [0.1, 0.15) is 65.9 Å². The molecule has 5 rings (SSSR count). The van der Waals surface area contributed by atoms with Gasteiger partial charge in [-0.15, -0.1) is 0 Å². The molecule has 0 aliphatic carbocycles. The summed E-state index contributed by atoms with van der Waals surface area (Å²) in [6.07, 6.45) is 3.79. The zero-order valence-corrected chi connectivity index (χ0v) is 23.5. The molecule has 0 bridgehead atoms. The van der Waals surface area contributed by atoms with E-state index in [0.29, 0.717) is 12.1 Å². The van der Waals surface area contributed by atoms with E-state index in [0.717, 1.165) is 81.9 Å². The van der Waals surface area contributed by atoms with Gasteiger partial charge < -0.3 is 14.2 Å². The summed E-state index contributed by atoms with van der Waals surface area (Å²) in [6.45, 7) is 9.36. The van der Waals surface area contributed by atoms with Crippen LogP contribution in [0.5, 0.6) is 0 Å². The highest BCUT2D eigenvalue weighted by Gasteiger charge is 2.19. The van der Waals surface area contributed by atoms with Gasteiger partial charge in [-0.1, -0.05) is 63.2 Å². The quantitative estimate of drug-likeness (QED) is 0.222. The van der Waals surface area contributed by atoms with Crippen molar-refractivity contribution in [1.82, 2.24) is 19.1 Å². The third kappa shape index (κ3) is 4.87. The first-order chi connectivity index (χ1) is 18.9. The topological polar surface area (TPSA) is 72.9 Å². The Morgan fingerprint density at radius 3 is 2.31 bits per heavy atom. The Kier molecular flexibility index (Phi) is 7.38. The van der Waals surface area contributed by atoms with Gasteiger partial charge in [-0.2, -0.15) is 0 Å². The molecule has 6 heteroatoms. The van der Waals surface area contributed by atoms with Crippen molar-refractivity contribution in [2.45, 2.75) is 59.9 Å². The number of aromatic carboxylic acids is 1. The number of carbonyl (C=O) groups is 1. The molecular formula is C33H36N4O2. The minimum absolute atomic E-state index is 0.311. The molecule has 2 heterocycles. The summed E-state index contributed by atoms with van der Waals surface area (Å²) in [4.78, 5) is 21.8. The Balaban J connectivity index is 1.57. The van der Waals surface area contributed by atoms with Crippen LogP contribution in [-0.2, 0) is 32.9 Å². The van der Waals surface area contributed by atoms with E-state index in [1.165, 1.54) is 5.69 Å². The summed E-state index contributed by atoms with van der Waals surface area (Å²) >= 11 is 0. The summed E-state index contributed by atoms with van der Waals surface area (Å²) in [6, 6.07) is 19.8. The third-order valence-electron chi connectivity index (χ3n) is 7.58. The van der Waals surface area contributed by atoms with Crippen LogP contribution in [0.25, 0.3) is 33.5 Å². The van der Waals surface area contributed by atoms with Gasteiger partial charge in [0.1, 0.15) is 11.6 Å². The van der Waals surface area contributed by atoms with Gasteiger partial charge in [-0.25, -0.2) is 14.8 Å². The number of aryl methyl sites for hydroxylation is 3. The molecule has 0 saturated heterocycles. The summed E-state index contributed by atoms with van der Waals surface area (Å²) in [5.41, 5.74) is 9.95. The number of hydrogen-bond acceptors (Lipinski definition) is 3. The first-order valence-electron chi connectivity index (χ1n) is 13.8. The number of carboxylic acids is 1. The lowest BCUT2D eigenvalue weighted by Crippen LogP contribution is -2.05. The highest BCUT2D eigenvalue weighted by atomic mass is 16.4. The lowest BCUT2D eigenvalue weighted by molar-refractivity contribution is 0.0697. The van der Waals surface area contributed by atoms with Gasteiger partial charge >= 0.3 is 5.97 Å². The van der Waals surface area contributed by atoms with Crippen LogP contribution < -0.4 is 0 Å². The summed E-state index contributed by atoms with van der Waals surface area (Å²) in [5.74, 6) is 1.16. The maximum atomic E-state index is 11.7. The zero-order chi connectivity index (χ0) is 27.7. The second-order valence-corrected chi connectivity index (χ2v) is 10.2. The number of fused-ring (bicyclic) bond motifs is 1. The Labute approximate surface area is 230 Å². The molecule has 39 heavy (non-hydrogen) atoms. The standard InChI is InChI=1S/C33H36N4O2/c1-6-11-30-35-31-21(4)18-24(32-34-27(7-2)28(8-3)36(32)5)19-29(31)37(30)20-22-14-16-23(17-15-22)25-12-9-10-13-26(25)33(38)39/h9-10,12-19H,6-8,11,20H2,1-5H3,(H,38,39). The summed E-state index contributed by atoms with van der Waals surface area (Å²) in [7, 11) is 2.11. The van der Waals surface area contributed by atoms with Gasteiger partial charge in [0.25, 0.3) is 0 Å². The molecule has 0 amide bonds. The number of carboxylic acid groups (broad SMARTS) is 1. The Hall–Kier alpha value is -4.19. The predicted molar refractivity (Wildman–Crippen MR) is 157 cm³/mol. The van der Waals surface area contributed by atoms with Crippen molar-refractivity contribution in [3.8, 4) is 22.5 Å². The summed E-state index contributed by atoms with van der Waals surface area (Å²) < 4.78 is 4.57. The largest absolute Gasteiger partial charge is 0.478 e. The molecule has 0 aliphatic heterocycles. The molecule has 1 N–H and O–H groups in total. The molecule has 0 atom stereocenters. The Morgan fingerprint density at radius 2 is 1.67 bits per heavy atom. The fourth-order valence-corrected chi connectivity index (χ4v) is 5.63. The first kappa shape index (κ1) is 26.4. The van der Waals surface area contributed by atoms with Gasteiger partial charge in [0, 0.05) is 31.3 Å². The van der Waals surface area contributed by atoms with Crippen molar-refractivity contribution in [2.75, 3.05) is 0 Å². The summed E-state index contributed by atoms with van der Waals surface area (Å²) in [5, 5.41) is 9.61. The number of aromatic nitrogens is 4. The predicted octanol–water partition coefficient (Wildman–Crippen LogP) is 7.24. The Morgan fingerprint density at radius 1 is 0.923 bits per heavy atom. The number of imidazole rings is 2. The van der Waals surface area contributed by atoms with Crippen molar-refractivity contribution >= 4 is 17.0 Å². The highest BCUT2D eigenvalue weighted by molar-refractivity contribution is 5.96. The lowest BCUT2D eigenvalue weighted by Gasteiger charge is -2.12. The molecule has 0 spiro atoms. The van der Waals surface area contributed by atoms with Crippen LogP contribution in [0.2, 0.25) is 0 Å². The second kappa shape index (κ2) is 10.9. The molecule has 3 aromatic carbocycles. The van der Waals surface area contributed by atoms with E-state index in [1.807, 2.05) is 24.3 Å². The number of benzene rings is 3. The van der Waals surface area contributed by atoms with Gasteiger partial charge in [0.15, 0.2) is 0 Å². The van der Waals surface area contributed by atoms with Crippen molar-refractivity contribution in [2.24, 2.45) is 7.05 Å². The molecule has 0 unspecified atom stereocenters. The van der Waals surface area contributed by atoms with E-state index in [-0.39, 0.29) is 0 Å². The minimum Gasteiger partial charge on any atom is -0.478 e. The second-order valence-electron chi connectivity index (χ2n) is 10.2. The van der Waals surface area contributed by atoms with Crippen LogP contribution in [0.3, 0.4) is 0 Å². The van der Waals surface area contributed by atoms with Crippen LogP contribution in [-0.4, -0.2) is 30.2 Å². The Bertz CT molecular complexity index is 1660. The van der Waals surface area contributed by atoms with Crippen molar-refractivity contribution in [3.05, 3.63) is 94.6 Å². The van der Waals surface area contributed by atoms with Gasteiger partial charge in [0.2, 0.25) is 0 Å². The SMILES string of the molecule is CCCc1nc2c(C)cc(-c3nc(CC)c(CC)n3C)cc2n1Cc1ccc(-c2ccccc2C(=O)O)cc1. The molecule has 200 valence electrons. The van der Waals surface area contributed by atoms with Crippen molar-refractivity contribution in [3.63, 3.8) is 0 Å². The average Bonchev–Trinajstić information content (AvgIpc) is 3.46. The van der Waals surface area contributed by atoms with E-state index in [9.17, 15) is 9.90 Å². The van der Waals surface area contributed by atoms with Crippen LogP contribution in [0.15, 0.2) is 60.7 Å². The number of nitrogens with zero attached hydrogens (tertiary/aromatic N) is 4. The van der Waals surface area contributed by atoms with E-state index >= 15 is 0 Å². The van der Waals surface area contributed by atoms with Crippen LogP contribution >= 0.6 is 0 Å². The fourth-order valence-electron chi connectivity index (χ4n) is 5.63. The van der Waals surface area contributed by atoms with Gasteiger partial charge in [-0.3, -0.25) is 0 Å². The van der Waals surface area contributed by atoms with E-state index in [2.05, 4.69) is 68.1 Å². The zero-order valence-electron chi connectivity index (χ0n) is 23.5. The number of rotatable bonds is 9. The molecule has 0 fully saturated rings. The molecule has 5 aromatic rings. The molecule has 0 aliphatic rings. The molecule has 2 aromatic heterocycles. The van der Waals surface area contributed by atoms with Crippen LogP contribution in [0.4, 0.5) is 0 Å². The molecule has 6 nitrogen and oxygen atoms in total. The molecule has 0 saturated carbocycles. The van der Waals surface area contributed by atoms with E-state index in [4.69, 9.17) is 9.97 Å². The molecule has 0 radical (unpaired) electrons. The van der Waals surface area contributed by atoms with E-state index < -0.39 is 5.97 Å². The molecular weight excluding hydrogens is 484 g/mol. The normalized spacial score (nSPS) is 11.4. The monoisotopic (exact) mass is 520 g/mol. The van der Waals surface area contributed by atoms with Crippen molar-refractivity contribution < 1.29 is 9.90 Å². The van der Waals surface area contributed by atoms with E-state index in [1.54, 1.807) is 12.1 Å². The average molecular weight is 521 g/mol. The highest BCUT2D eigenvalue weighted by Crippen LogP contribution is 2.31. The minimum atomic E-state index is -0.917. The third-order valence-corrected chi connectivity index (χ3v) is 7.58. The van der Waals surface area contributed by atoms with Gasteiger partial charge in [-0.05, 0) is 66.6 Å². The maximum Gasteiger partial charge on any atom is 0.336 e. The smallest absolute Gasteiger partial charge is 0.336 e. The lowest BCUT2D eigenvalue weighted by atomic mass is 9.98.